The van der Waals surface area contributed by atoms with E-state index < -0.39 is 0 Å². The third-order valence-corrected chi connectivity index (χ3v) is 1.95. The minimum atomic E-state index is 0.768. The van der Waals surface area contributed by atoms with E-state index in [0.29, 0.717) is 0 Å². The zero-order chi connectivity index (χ0) is 9.80. The summed E-state index contributed by atoms with van der Waals surface area (Å²) in [5.41, 5.74) is 1.22. The second-order valence-electron chi connectivity index (χ2n) is 3.11. The van der Waals surface area contributed by atoms with Gasteiger partial charge in [-0.15, -0.1) is 0 Å². The molecule has 3 nitrogen and oxygen atoms in total. The fourth-order valence-corrected chi connectivity index (χ4v) is 1.29. The standard InChI is InChI=1S/C11H11N3/c1-9-12-8-13-11(14-9)7-10-5-3-2-4-6-10/h2-6,8H,7H2,1H3. The lowest BCUT2D eigenvalue weighted by Crippen LogP contribution is -1.99. The lowest BCUT2D eigenvalue weighted by molar-refractivity contribution is 0.879. The quantitative estimate of drug-likeness (QED) is 0.715. The molecule has 0 saturated carbocycles. The van der Waals surface area contributed by atoms with Crippen LogP contribution < -0.4 is 0 Å². The normalized spacial score (nSPS) is 10.1. The fourth-order valence-electron chi connectivity index (χ4n) is 1.29. The highest BCUT2D eigenvalue weighted by Crippen LogP contribution is 2.03. The average molecular weight is 185 g/mol. The van der Waals surface area contributed by atoms with E-state index in [1.807, 2.05) is 25.1 Å². The predicted octanol–water partition coefficient (Wildman–Crippen LogP) is 1.77. The van der Waals surface area contributed by atoms with Crippen LogP contribution in [0.3, 0.4) is 0 Å². The van der Waals surface area contributed by atoms with E-state index in [2.05, 4.69) is 27.1 Å². The van der Waals surface area contributed by atoms with Crippen LogP contribution in [0.4, 0.5) is 0 Å². The molecule has 0 saturated heterocycles. The number of hydrogen-bond acceptors (Lipinski definition) is 3. The van der Waals surface area contributed by atoms with Gasteiger partial charge in [-0.1, -0.05) is 30.3 Å². The van der Waals surface area contributed by atoms with E-state index in [1.165, 1.54) is 5.56 Å². The number of benzene rings is 1. The van der Waals surface area contributed by atoms with Crippen molar-refractivity contribution < 1.29 is 0 Å². The molecule has 0 aliphatic rings. The molecule has 0 aliphatic heterocycles. The van der Waals surface area contributed by atoms with Crippen LogP contribution in [0, 0.1) is 6.92 Å². The van der Waals surface area contributed by atoms with Crippen LogP contribution in [-0.2, 0) is 6.42 Å². The summed E-state index contributed by atoms with van der Waals surface area (Å²) in [5, 5.41) is 0. The summed E-state index contributed by atoms with van der Waals surface area (Å²) in [7, 11) is 0. The van der Waals surface area contributed by atoms with Crippen LogP contribution in [-0.4, -0.2) is 15.0 Å². The summed E-state index contributed by atoms with van der Waals surface area (Å²) in [4.78, 5) is 12.3. The van der Waals surface area contributed by atoms with E-state index in [1.54, 1.807) is 6.33 Å². The van der Waals surface area contributed by atoms with Crippen molar-refractivity contribution >= 4 is 0 Å². The first kappa shape index (κ1) is 8.81. The van der Waals surface area contributed by atoms with Crippen molar-refractivity contribution in [2.45, 2.75) is 13.3 Å². The van der Waals surface area contributed by atoms with Gasteiger partial charge in [-0.2, -0.15) is 0 Å². The molecular weight excluding hydrogens is 174 g/mol. The van der Waals surface area contributed by atoms with E-state index in [0.717, 1.165) is 18.1 Å². The molecule has 0 radical (unpaired) electrons. The fraction of sp³-hybridized carbons (Fsp3) is 0.182. The Morgan fingerprint density at radius 2 is 1.86 bits per heavy atom. The van der Waals surface area contributed by atoms with Crippen molar-refractivity contribution in [3.05, 3.63) is 53.9 Å². The molecule has 3 heteroatoms. The summed E-state index contributed by atoms with van der Waals surface area (Å²) in [6.07, 6.45) is 2.32. The van der Waals surface area contributed by atoms with Gasteiger partial charge >= 0.3 is 0 Å². The topological polar surface area (TPSA) is 38.7 Å². The molecule has 0 unspecified atom stereocenters. The SMILES string of the molecule is Cc1ncnc(Cc2ccccc2)n1. The van der Waals surface area contributed by atoms with Gasteiger partial charge in [0.25, 0.3) is 0 Å². The molecule has 1 aromatic carbocycles. The predicted molar refractivity (Wildman–Crippen MR) is 53.8 cm³/mol. The van der Waals surface area contributed by atoms with Crippen LogP contribution in [0.2, 0.25) is 0 Å². The highest BCUT2D eigenvalue weighted by atomic mass is 15.0. The molecule has 0 fully saturated rings. The molecule has 0 bridgehead atoms. The molecule has 0 atom stereocenters. The molecule has 0 aliphatic carbocycles. The third-order valence-electron chi connectivity index (χ3n) is 1.95. The molecule has 14 heavy (non-hydrogen) atoms. The average Bonchev–Trinajstić information content (AvgIpc) is 2.19. The monoisotopic (exact) mass is 185 g/mol. The maximum absolute atomic E-state index is 4.25. The maximum atomic E-state index is 4.25. The van der Waals surface area contributed by atoms with Gasteiger partial charge in [0.15, 0.2) is 0 Å². The van der Waals surface area contributed by atoms with E-state index in [4.69, 9.17) is 0 Å². The molecule has 2 rings (SSSR count). The van der Waals surface area contributed by atoms with Crippen molar-refractivity contribution in [2.24, 2.45) is 0 Å². The zero-order valence-electron chi connectivity index (χ0n) is 8.01. The van der Waals surface area contributed by atoms with Gasteiger partial charge in [-0.3, -0.25) is 0 Å². The molecule has 0 spiro atoms. The number of rotatable bonds is 2. The van der Waals surface area contributed by atoms with E-state index >= 15 is 0 Å². The summed E-state index contributed by atoms with van der Waals surface area (Å²) in [5.74, 6) is 1.59. The Labute approximate surface area is 82.9 Å². The molecule has 2 aromatic rings. The van der Waals surface area contributed by atoms with Crippen LogP contribution in [0.15, 0.2) is 36.7 Å². The van der Waals surface area contributed by atoms with Gasteiger partial charge in [0.1, 0.15) is 18.0 Å². The summed E-state index contributed by atoms with van der Waals surface area (Å²) < 4.78 is 0. The van der Waals surface area contributed by atoms with Gasteiger partial charge in [-0.25, -0.2) is 15.0 Å². The highest BCUT2D eigenvalue weighted by Gasteiger charge is 1.98. The minimum absolute atomic E-state index is 0.768. The Balaban J connectivity index is 2.19. The second kappa shape index (κ2) is 3.96. The summed E-state index contributed by atoms with van der Waals surface area (Å²) in [6, 6.07) is 10.2. The van der Waals surface area contributed by atoms with Crippen molar-refractivity contribution in [2.75, 3.05) is 0 Å². The first-order chi connectivity index (χ1) is 6.84. The first-order valence-electron chi connectivity index (χ1n) is 4.53. The van der Waals surface area contributed by atoms with Gasteiger partial charge in [-0.05, 0) is 12.5 Å². The van der Waals surface area contributed by atoms with Gasteiger partial charge in [0.2, 0.25) is 0 Å². The van der Waals surface area contributed by atoms with Crippen LogP contribution in [0.25, 0.3) is 0 Å². The van der Waals surface area contributed by atoms with Gasteiger partial charge in [0.05, 0.1) is 0 Å². The maximum Gasteiger partial charge on any atom is 0.136 e. The van der Waals surface area contributed by atoms with Crippen molar-refractivity contribution in [1.82, 2.24) is 15.0 Å². The number of aryl methyl sites for hydroxylation is 1. The first-order valence-corrected chi connectivity index (χ1v) is 4.53. The molecule has 1 aromatic heterocycles. The molecule has 0 amide bonds. The summed E-state index contributed by atoms with van der Waals surface area (Å²) in [6.45, 7) is 1.87. The molecule has 1 heterocycles. The van der Waals surface area contributed by atoms with Crippen LogP contribution in [0.1, 0.15) is 17.2 Å². The zero-order valence-corrected chi connectivity index (χ0v) is 8.01. The van der Waals surface area contributed by atoms with Crippen molar-refractivity contribution in [1.29, 1.82) is 0 Å². The minimum Gasteiger partial charge on any atom is -0.222 e. The third kappa shape index (κ3) is 2.13. The molecule has 0 N–H and O–H groups in total. The highest BCUT2D eigenvalue weighted by molar-refractivity contribution is 5.18. The van der Waals surface area contributed by atoms with Crippen LogP contribution >= 0.6 is 0 Å². The largest absolute Gasteiger partial charge is 0.222 e. The lowest BCUT2D eigenvalue weighted by atomic mass is 10.1. The van der Waals surface area contributed by atoms with E-state index in [-0.39, 0.29) is 0 Å². The number of nitrogens with zero attached hydrogens (tertiary/aromatic N) is 3. The van der Waals surface area contributed by atoms with Crippen molar-refractivity contribution in [3.63, 3.8) is 0 Å². The van der Waals surface area contributed by atoms with Crippen LogP contribution in [0.5, 0.6) is 0 Å². The molecular formula is C11H11N3. The van der Waals surface area contributed by atoms with Crippen molar-refractivity contribution in [3.8, 4) is 0 Å². The Morgan fingerprint density at radius 1 is 1.07 bits per heavy atom. The Morgan fingerprint density at radius 3 is 2.57 bits per heavy atom. The molecule has 70 valence electrons. The Kier molecular flexibility index (Phi) is 2.49. The second-order valence-corrected chi connectivity index (χ2v) is 3.11. The van der Waals surface area contributed by atoms with E-state index in [9.17, 15) is 0 Å². The number of hydrogen-bond donors (Lipinski definition) is 0. The van der Waals surface area contributed by atoms with Gasteiger partial charge < -0.3 is 0 Å². The van der Waals surface area contributed by atoms with Gasteiger partial charge in [0, 0.05) is 6.42 Å². The lowest BCUT2D eigenvalue weighted by Gasteiger charge is -1.99. The smallest absolute Gasteiger partial charge is 0.136 e. The summed E-state index contributed by atoms with van der Waals surface area (Å²) >= 11 is 0. The Bertz CT molecular complexity index is 412. The Hall–Kier alpha value is -1.77. The number of aromatic nitrogens is 3.